The van der Waals surface area contributed by atoms with Gasteiger partial charge in [0.15, 0.2) is 0 Å². The molecule has 5 heteroatoms. The lowest BCUT2D eigenvalue weighted by Gasteiger charge is -2.20. The minimum Gasteiger partial charge on any atom is -0.480 e. The number of carbonyl (C=O) groups is 2. The maximum absolute atomic E-state index is 11.5. The van der Waals surface area contributed by atoms with E-state index in [1.807, 2.05) is 30.3 Å². The van der Waals surface area contributed by atoms with Crippen LogP contribution in [0.1, 0.15) is 17.2 Å². The van der Waals surface area contributed by atoms with E-state index in [9.17, 15) is 19.8 Å². The molecule has 0 aliphatic carbocycles. The van der Waals surface area contributed by atoms with Gasteiger partial charge in [-0.3, -0.25) is 14.9 Å². The fourth-order valence-corrected chi connectivity index (χ4v) is 2.22. The average Bonchev–Trinajstić information content (AvgIpc) is 2.52. The van der Waals surface area contributed by atoms with Crippen molar-refractivity contribution in [3.63, 3.8) is 0 Å². The molecule has 0 aliphatic rings. The summed E-state index contributed by atoms with van der Waals surface area (Å²) in [6.45, 7) is 0. The molecule has 0 amide bonds. The summed E-state index contributed by atoms with van der Waals surface area (Å²) in [5.74, 6) is -2.18. The Morgan fingerprint density at radius 1 is 0.864 bits per heavy atom. The number of benzene rings is 2. The fraction of sp³-hybridized carbons (Fsp3) is 0.176. The lowest BCUT2D eigenvalue weighted by atomic mass is 10.0. The monoisotopic (exact) mass is 299 g/mol. The predicted molar refractivity (Wildman–Crippen MR) is 81.5 cm³/mol. The summed E-state index contributed by atoms with van der Waals surface area (Å²) in [5.41, 5.74) is 1.36. The van der Waals surface area contributed by atoms with Crippen LogP contribution in [0, 0.1) is 0 Å². The molecule has 0 heterocycles. The van der Waals surface area contributed by atoms with Crippen molar-refractivity contribution in [3.8, 4) is 0 Å². The first-order valence-corrected chi connectivity index (χ1v) is 6.88. The standard InChI is InChI=1S/C17H17NO4/c19-16(20)14(11-12-7-3-1-4-8-12)18-15(17(21)22)13-9-5-2-6-10-13/h1-10,14-15,18H,11H2,(H,19,20)(H,21,22). The fourth-order valence-electron chi connectivity index (χ4n) is 2.22. The molecule has 0 bridgehead atoms. The van der Waals surface area contributed by atoms with Gasteiger partial charge in [-0.2, -0.15) is 0 Å². The first kappa shape index (κ1) is 15.7. The summed E-state index contributed by atoms with van der Waals surface area (Å²) >= 11 is 0. The van der Waals surface area contributed by atoms with E-state index in [2.05, 4.69) is 5.32 Å². The zero-order valence-corrected chi connectivity index (χ0v) is 11.8. The van der Waals surface area contributed by atoms with Crippen molar-refractivity contribution in [2.24, 2.45) is 0 Å². The van der Waals surface area contributed by atoms with E-state index in [4.69, 9.17) is 0 Å². The molecule has 22 heavy (non-hydrogen) atoms. The molecule has 3 N–H and O–H groups in total. The molecule has 0 saturated heterocycles. The molecule has 2 rings (SSSR count). The van der Waals surface area contributed by atoms with Crippen molar-refractivity contribution in [3.05, 3.63) is 71.8 Å². The topological polar surface area (TPSA) is 86.6 Å². The molecular formula is C17H17NO4. The maximum Gasteiger partial charge on any atom is 0.325 e. The normalized spacial score (nSPS) is 13.3. The van der Waals surface area contributed by atoms with Gasteiger partial charge in [-0.05, 0) is 17.5 Å². The Balaban J connectivity index is 2.18. The zero-order valence-electron chi connectivity index (χ0n) is 11.8. The smallest absolute Gasteiger partial charge is 0.325 e. The van der Waals surface area contributed by atoms with Gasteiger partial charge in [0.25, 0.3) is 0 Å². The summed E-state index contributed by atoms with van der Waals surface area (Å²) in [5, 5.41) is 21.4. The Bertz CT molecular complexity index is 628. The van der Waals surface area contributed by atoms with E-state index in [1.165, 1.54) is 0 Å². The van der Waals surface area contributed by atoms with Gasteiger partial charge in [-0.1, -0.05) is 60.7 Å². The maximum atomic E-state index is 11.5. The Morgan fingerprint density at radius 3 is 1.91 bits per heavy atom. The molecule has 2 aromatic carbocycles. The molecule has 0 spiro atoms. The van der Waals surface area contributed by atoms with Crippen LogP contribution in [0.3, 0.4) is 0 Å². The summed E-state index contributed by atoms with van der Waals surface area (Å²) < 4.78 is 0. The quantitative estimate of drug-likeness (QED) is 0.729. The molecule has 2 unspecified atom stereocenters. The van der Waals surface area contributed by atoms with Crippen LogP contribution in [0.25, 0.3) is 0 Å². The number of carboxylic acids is 2. The highest BCUT2D eigenvalue weighted by molar-refractivity contribution is 5.78. The van der Waals surface area contributed by atoms with Gasteiger partial charge in [0.1, 0.15) is 12.1 Å². The van der Waals surface area contributed by atoms with E-state index in [-0.39, 0.29) is 6.42 Å². The molecule has 5 nitrogen and oxygen atoms in total. The number of nitrogens with one attached hydrogen (secondary N) is 1. The Hall–Kier alpha value is -2.66. The van der Waals surface area contributed by atoms with Gasteiger partial charge in [0.2, 0.25) is 0 Å². The highest BCUT2D eigenvalue weighted by atomic mass is 16.4. The minimum absolute atomic E-state index is 0.215. The second kappa shape index (κ2) is 7.38. The van der Waals surface area contributed by atoms with Crippen LogP contribution in [0.15, 0.2) is 60.7 Å². The zero-order chi connectivity index (χ0) is 15.9. The van der Waals surface area contributed by atoms with E-state index in [0.29, 0.717) is 5.56 Å². The Kier molecular flexibility index (Phi) is 5.27. The Labute approximate surface area is 128 Å². The van der Waals surface area contributed by atoms with Crippen molar-refractivity contribution in [1.29, 1.82) is 0 Å². The lowest BCUT2D eigenvalue weighted by molar-refractivity contribution is -0.142. The van der Waals surface area contributed by atoms with Gasteiger partial charge in [0, 0.05) is 0 Å². The van der Waals surface area contributed by atoms with Crippen LogP contribution >= 0.6 is 0 Å². The summed E-state index contributed by atoms with van der Waals surface area (Å²) in [6, 6.07) is 15.6. The third-order valence-corrected chi connectivity index (χ3v) is 3.33. The second-order valence-corrected chi connectivity index (χ2v) is 4.93. The minimum atomic E-state index is -1.11. The summed E-state index contributed by atoms with van der Waals surface area (Å²) in [6.07, 6.45) is 0.215. The third-order valence-electron chi connectivity index (χ3n) is 3.33. The van der Waals surface area contributed by atoms with Crippen molar-refractivity contribution in [1.82, 2.24) is 5.32 Å². The highest BCUT2D eigenvalue weighted by Crippen LogP contribution is 2.15. The molecule has 0 fully saturated rings. The predicted octanol–water partition coefficient (Wildman–Crippen LogP) is 2.10. The molecule has 2 atom stereocenters. The van der Waals surface area contributed by atoms with Crippen LogP contribution in [0.2, 0.25) is 0 Å². The second-order valence-electron chi connectivity index (χ2n) is 4.93. The third kappa shape index (κ3) is 4.17. The number of aliphatic carboxylic acids is 2. The highest BCUT2D eigenvalue weighted by Gasteiger charge is 2.27. The molecule has 0 aliphatic heterocycles. The molecule has 2 aromatic rings. The molecule has 114 valence electrons. The largest absolute Gasteiger partial charge is 0.480 e. The lowest BCUT2D eigenvalue weighted by Crippen LogP contribution is -2.43. The SMILES string of the molecule is O=C(O)C(Cc1ccccc1)NC(C(=O)O)c1ccccc1. The van der Waals surface area contributed by atoms with Gasteiger partial charge in [-0.25, -0.2) is 0 Å². The van der Waals surface area contributed by atoms with Crippen molar-refractivity contribution in [2.75, 3.05) is 0 Å². The van der Waals surface area contributed by atoms with Crippen molar-refractivity contribution in [2.45, 2.75) is 18.5 Å². The summed E-state index contributed by atoms with van der Waals surface area (Å²) in [4.78, 5) is 22.9. The van der Waals surface area contributed by atoms with Crippen LogP contribution in [-0.2, 0) is 16.0 Å². The number of carboxylic acid groups (broad SMARTS) is 2. The molecule has 0 aromatic heterocycles. The Morgan fingerprint density at radius 2 is 1.41 bits per heavy atom. The summed E-state index contributed by atoms with van der Waals surface area (Å²) in [7, 11) is 0. The van der Waals surface area contributed by atoms with E-state index >= 15 is 0 Å². The molecule has 0 saturated carbocycles. The number of rotatable bonds is 7. The van der Waals surface area contributed by atoms with Crippen LogP contribution in [0.4, 0.5) is 0 Å². The first-order valence-electron chi connectivity index (χ1n) is 6.88. The van der Waals surface area contributed by atoms with Gasteiger partial charge in [-0.15, -0.1) is 0 Å². The van der Waals surface area contributed by atoms with Gasteiger partial charge >= 0.3 is 11.9 Å². The van der Waals surface area contributed by atoms with E-state index in [0.717, 1.165) is 5.56 Å². The van der Waals surface area contributed by atoms with Gasteiger partial charge < -0.3 is 10.2 Å². The van der Waals surface area contributed by atoms with Crippen molar-refractivity contribution >= 4 is 11.9 Å². The van der Waals surface area contributed by atoms with Gasteiger partial charge in [0.05, 0.1) is 0 Å². The molecular weight excluding hydrogens is 282 g/mol. The van der Waals surface area contributed by atoms with E-state index in [1.54, 1.807) is 30.3 Å². The van der Waals surface area contributed by atoms with Crippen LogP contribution in [0.5, 0.6) is 0 Å². The number of hydrogen-bond donors (Lipinski definition) is 3. The van der Waals surface area contributed by atoms with Crippen molar-refractivity contribution < 1.29 is 19.8 Å². The van der Waals surface area contributed by atoms with Crippen LogP contribution in [-0.4, -0.2) is 28.2 Å². The number of hydrogen-bond acceptors (Lipinski definition) is 3. The molecule has 0 radical (unpaired) electrons. The first-order chi connectivity index (χ1) is 10.6. The average molecular weight is 299 g/mol. The van der Waals surface area contributed by atoms with E-state index < -0.39 is 24.0 Å². The van der Waals surface area contributed by atoms with Crippen LogP contribution < -0.4 is 5.32 Å².